The SMILES string of the molecule is CCCNCCc1ncc(-c2cc(Br)cc(Br)c2)o1. The molecule has 0 saturated heterocycles. The molecule has 1 aromatic heterocycles. The lowest BCUT2D eigenvalue weighted by Gasteiger charge is -2.00. The van der Waals surface area contributed by atoms with Crippen LogP contribution in [0.1, 0.15) is 19.2 Å². The summed E-state index contributed by atoms with van der Waals surface area (Å²) in [4.78, 5) is 4.31. The second kappa shape index (κ2) is 7.22. The van der Waals surface area contributed by atoms with Gasteiger partial charge in [-0.25, -0.2) is 4.98 Å². The second-order valence-electron chi connectivity index (χ2n) is 4.28. The standard InChI is InChI=1S/C14H16Br2N2O/c1-2-4-17-5-3-14-18-9-13(19-14)10-6-11(15)8-12(16)7-10/h6-9,17H,2-5H2,1H3. The fourth-order valence-corrected chi connectivity index (χ4v) is 3.05. The summed E-state index contributed by atoms with van der Waals surface area (Å²) in [7, 11) is 0. The molecule has 0 aliphatic rings. The van der Waals surface area contributed by atoms with Crippen LogP contribution in [0.4, 0.5) is 0 Å². The van der Waals surface area contributed by atoms with Crippen molar-refractivity contribution in [1.29, 1.82) is 0 Å². The molecule has 0 aliphatic heterocycles. The minimum Gasteiger partial charge on any atom is -0.441 e. The van der Waals surface area contributed by atoms with Crippen LogP contribution in [0.3, 0.4) is 0 Å². The van der Waals surface area contributed by atoms with Crippen LogP contribution in [0.15, 0.2) is 37.8 Å². The predicted molar refractivity (Wildman–Crippen MR) is 84.2 cm³/mol. The smallest absolute Gasteiger partial charge is 0.196 e. The van der Waals surface area contributed by atoms with Gasteiger partial charge in [0.2, 0.25) is 0 Å². The van der Waals surface area contributed by atoms with Gasteiger partial charge < -0.3 is 9.73 Å². The van der Waals surface area contributed by atoms with Crippen LogP contribution < -0.4 is 5.32 Å². The summed E-state index contributed by atoms with van der Waals surface area (Å²) >= 11 is 6.95. The molecule has 19 heavy (non-hydrogen) atoms. The highest BCUT2D eigenvalue weighted by Gasteiger charge is 2.07. The van der Waals surface area contributed by atoms with Crippen molar-refractivity contribution in [2.24, 2.45) is 0 Å². The van der Waals surface area contributed by atoms with E-state index in [0.717, 1.165) is 52.1 Å². The maximum atomic E-state index is 5.77. The van der Waals surface area contributed by atoms with E-state index in [2.05, 4.69) is 49.1 Å². The number of benzene rings is 1. The van der Waals surface area contributed by atoms with Crippen LogP contribution in [-0.4, -0.2) is 18.1 Å². The van der Waals surface area contributed by atoms with E-state index in [-0.39, 0.29) is 0 Å². The molecule has 102 valence electrons. The zero-order chi connectivity index (χ0) is 13.7. The molecule has 0 fully saturated rings. The highest BCUT2D eigenvalue weighted by Crippen LogP contribution is 2.28. The van der Waals surface area contributed by atoms with E-state index in [9.17, 15) is 0 Å². The summed E-state index contributed by atoms with van der Waals surface area (Å²) in [5.41, 5.74) is 1.02. The Bertz CT molecular complexity index is 520. The molecular formula is C14H16Br2N2O. The molecule has 0 aliphatic carbocycles. The fourth-order valence-electron chi connectivity index (χ4n) is 1.75. The van der Waals surface area contributed by atoms with E-state index in [1.807, 2.05) is 18.2 Å². The summed E-state index contributed by atoms with van der Waals surface area (Å²) in [6.45, 7) is 4.09. The molecule has 0 radical (unpaired) electrons. The van der Waals surface area contributed by atoms with Crippen LogP contribution in [-0.2, 0) is 6.42 Å². The zero-order valence-electron chi connectivity index (χ0n) is 10.7. The molecule has 5 heteroatoms. The van der Waals surface area contributed by atoms with E-state index >= 15 is 0 Å². The fraction of sp³-hybridized carbons (Fsp3) is 0.357. The Kier molecular flexibility index (Phi) is 5.60. The number of oxazole rings is 1. The Hall–Kier alpha value is -0.650. The summed E-state index contributed by atoms with van der Waals surface area (Å²) in [5, 5.41) is 3.34. The third-order valence-corrected chi connectivity index (χ3v) is 3.56. The Balaban J connectivity index is 2.03. The van der Waals surface area contributed by atoms with Crippen molar-refractivity contribution in [2.75, 3.05) is 13.1 Å². The van der Waals surface area contributed by atoms with Crippen molar-refractivity contribution >= 4 is 31.9 Å². The van der Waals surface area contributed by atoms with Crippen molar-refractivity contribution in [3.63, 3.8) is 0 Å². The number of halogens is 2. The van der Waals surface area contributed by atoms with Gasteiger partial charge in [-0.05, 0) is 31.2 Å². The monoisotopic (exact) mass is 386 g/mol. The second-order valence-corrected chi connectivity index (χ2v) is 6.11. The van der Waals surface area contributed by atoms with E-state index < -0.39 is 0 Å². The van der Waals surface area contributed by atoms with Gasteiger partial charge in [-0.1, -0.05) is 38.8 Å². The van der Waals surface area contributed by atoms with Gasteiger partial charge in [-0.15, -0.1) is 0 Å². The molecule has 0 bridgehead atoms. The van der Waals surface area contributed by atoms with Gasteiger partial charge in [-0.3, -0.25) is 0 Å². The average Bonchev–Trinajstić information content (AvgIpc) is 2.82. The largest absolute Gasteiger partial charge is 0.441 e. The van der Waals surface area contributed by atoms with Gasteiger partial charge >= 0.3 is 0 Å². The van der Waals surface area contributed by atoms with Crippen LogP contribution >= 0.6 is 31.9 Å². The van der Waals surface area contributed by atoms with E-state index in [1.54, 1.807) is 6.20 Å². The van der Waals surface area contributed by atoms with Crippen molar-refractivity contribution in [2.45, 2.75) is 19.8 Å². The van der Waals surface area contributed by atoms with Crippen LogP contribution in [0.25, 0.3) is 11.3 Å². The molecule has 1 heterocycles. The topological polar surface area (TPSA) is 38.1 Å². The van der Waals surface area contributed by atoms with Gasteiger partial charge in [0.25, 0.3) is 0 Å². The van der Waals surface area contributed by atoms with E-state index in [0.29, 0.717) is 0 Å². The molecular weight excluding hydrogens is 372 g/mol. The first-order chi connectivity index (χ1) is 9.19. The minimum atomic E-state index is 0.773. The maximum Gasteiger partial charge on any atom is 0.196 e. The molecule has 1 N–H and O–H groups in total. The molecule has 0 atom stereocenters. The zero-order valence-corrected chi connectivity index (χ0v) is 13.9. The first-order valence-electron chi connectivity index (χ1n) is 6.31. The summed E-state index contributed by atoms with van der Waals surface area (Å²) in [6, 6.07) is 6.03. The van der Waals surface area contributed by atoms with Gasteiger partial charge in [0, 0.05) is 27.5 Å². The number of nitrogens with zero attached hydrogens (tertiary/aromatic N) is 1. The molecule has 0 saturated carbocycles. The third kappa shape index (κ3) is 4.44. The Morgan fingerprint density at radius 3 is 2.58 bits per heavy atom. The van der Waals surface area contributed by atoms with Crippen LogP contribution in [0.2, 0.25) is 0 Å². The summed E-state index contributed by atoms with van der Waals surface area (Å²) in [6.07, 6.45) is 3.74. The van der Waals surface area contributed by atoms with Crippen molar-refractivity contribution in [3.05, 3.63) is 39.2 Å². The van der Waals surface area contributed by atoms with Crippen molar-refractivity contribution in [3.8, 4) is 11.3 Å². The van der Waals surface area contributed by atoms with Gasteiger partial charge in [0.1, 0.15) is 0 Å². The molecule has 0 unspecified atom stereocenters. The number of hydrogen-bond acceptors (Lipinski definition) is 3. The summed E-state index contributed by atoms with van der Waals surface area (Å²) in [5.74, 6) is 1.57. The quantitative estimate of drug-likeness (QED) is 0.746. The number of rotatable bonds is 6. The predicted octanol–water partition coefficient (Wildman–Crippen LogP) is 4.41. The van der Waals surface area contributed by atoms with Gasteiger partial charge in [0.15, 0.2) is 11.7 Å². The average molecular weight is 388 g/mol. The molecule has 0 amide bonds. The number of hydrogen-bond donors (Lipinski definition) is 1. The molecule has 3 nitrogen and oxygen atoms in total. The molecule has 0 spiro atoms. The van der Waals surface area contributed by atoms with E-state index in [1.165, 1.54) is 0 Å². The summed E-state index contributed by atoms with van der Waals surface area (Å²) < 4.78 is 7.79. The highest BCUT2D eigenvalue weighted by atomic mass is 79.9. The highest BCUT2D eigenvalue weighted by molar-refractivity contribution is 9.11. The minimum absolute atomic E-state index is 0.773. The number of aromatic nitrogens is 1. The van der Waals surface area contributed by atoms with Gasteiger partial charge in [0.05, 0.1) is 6.20 Å². The number of nitrogens with one attached hydrogen (secondary N) is 1. The maximum absolute atomic E-state index is 5.77. The Labute approximate surface area is 130 Å². The van der Waals surface area contributed by atoms with Crippen molar-refractivity contribution in [1.82, 2.24) is 10.3 Å². The normalized spacial score (nSPS) is 10.9. The lowest BCUT2D eigenvalue weighted by molar-refractivity contribution is 0.495. The van der Waals surface area contributed by atoms with Gasteiger partial charge in [-0.2, -0.15) is 0 Å². The van der Waals surface area contributed by atoms with Crippen LogP contribution in [0.5, 0.6) is 0 Å². The first kappa shape index (κ1) is 14.8. The molecule has 1 aromatic carbocycles. The Morgan fingerprint density at radius 1 is 1.16 bits per heavy atom. The van der Waals surface area contributed by atoms with Crippen molar-refractivity contribution < 1.29 is 4.42 Å². The third-order valence-electron chi connectivity index (χ3n) is 2.64. The lowest BCUT2D eigenvalue weighted by atomic mass is 10.2. The Morgan fingerprint density at radius 2 is 1.89 bits per heavy atom. The molecule has 2 rings (SSSR count). The van der Waals surface area contributed by atoms with E-state index in [4.69, 9.17) is 4.42 Å². The van der Waals surface area contributed by atoms with Crippen LogP contribution in [0, 0.1) is 0 Å². The lowest BCUT2D eigenvalue weighted by Crippen LogP contribution is -2.17. The first-order valence-corrected chi connectivity index (χ1v) is 7.89. The molecule has 2 aromatic rings.